The molecule has 4 rings (SSSR count). The normalized spacial score (nSPS) is 30.2. The molecule has 2 unspecified atom stereocenters. The molecular formula is C22H31F3N6O3. The molecule has 0 radical (unpaired) electrons. The Morgan fingerprint density at radius 1 is 1.35 bits per heavy atom. The molecule has 2 aromatic rings. The van der Waals surface area contributed by atoms with Gasteiger partial charge in [0.1, 0.15) is 5.41 Å². The zero-order chi connectivity index (χ0) is 24.7. The Balaban J connectivity index is 1.60. The Bertz CT molecular complexity index is 1020. The van der Waals surface area contributed by atoms with E-state index in [1.54, 1.807) is 6.20 Å². The molecule has 34 heavy (non-hydrogen) atoms. The van der Waals surface area contributed by atoms with E-state index in [2.05, 4.69) is 27.3 Å². The molecule has 1 saturated heterocycles. The zero-order valence-electron chi connectivity index (χ0n) is 19.3. The number of rotatable bonds is 6. The van der Waals surface area contributed by atoms with E-state index in [1.807, 2.05) is 0 Å². The number of nitrogens with zero attached hydrogens (tertiary/aromatic N) is 4. The van der Waals surface area contributed by atoms with Crippen molar-refractivity contribution in [2.45, 2.75) is 64.0 Å². The first-order chi connectivity index (χ1) is 16.0. The molecule has 2 aromatic heterocycles. The van der Waals surface area contributed by atoms with Crippen LogP contribution in [0.1, 0.15) is 56.5 Å². The van der Waals surface area contributed by atoms with E-state index in [4.69, 9.17) is 10.5 Å². The van der Waals surface area contributed by atoms with Gasteiger partial charge in [0.25, 0.3) is 5.78 Å². The number of nitrogens with one attached hydrogen (secondary N) is 1. The quantitative estimate of drug-likeness (QED) is 0.536. The first-order valence-corrected chi connectivity index (χ1v) is 11.6. The number of aromatic nitrogens is 4. The highest BCUT2D eigenvalue weighted by atomic mass is 19.4. The van der Waals surface area contributed by atoms with Gasteiger partial charge in [0, 0.05) is 20.1 Å². The van der Waals surface area contributed by atoms with Gasteiger partial charge < -0.3 is 20.9 Å². The average molecular weight is 485 g/mol. The summed E-state index contributed by atoms with van der Waals surface area (Å²) >= 11 is 0. The Morgan fingerprint density at radius 3 is 2.71 bits per heavy atom. The lowest BCUT2D eigenvalue weighted by molar-refractivity contribution is -0.218. The van der Waals surface area contributed by atoms with Crippen molar-refractivity contribution >= 4 is 11.7 Å². The maximum absolute atomic E-state index is 13.5. The molecule has 3 heterocycles. The molecule has 0 aromatic carbocycles. The maximum Gasteiger partial charge on any atom is 0.393 e. The number of methoxy groups -OCH3 is 1. The fraction of sp³-hybridized carbons (Fsp3) is 0.727. The van der Waals surface area contributed by atoms with Crippen molar-refractivity contribution in [3.63, 3.8) is 0 Å². The monoisotopic (exact) mass is 484 g/mol. The number of hydrogen-bond acceptors (Lipinski definition) is 7. The van der Waals surface area contributed by atoms with E-state index in [0.717, 1.165) is 32.8 Å². The van der Waals surface area contributed by atoms with Crippen LogP contribution in [0.25, 0.3) is 5.78 Å². The first kappa shape index (κ1) is 24.8. The van der Waals surface area contributed by atoms with E-state index in [0.29, 0.717) is 23.3 Å². The summed E-state index contributed by atoms with van der Waals surface area (Å²) in [6.45, 7) is 1.69. The molecular weight excluding hydrogens is 453 g/mol. The van der Waals surface area contributed by atoms with E-state index < -0.39 is 42.7 Å². The van der Waals surface area contributed by atoms with Gasteiger partial charge in [0.05, 0.1) is 35.7 Å². The van der Waals surface area contributed by atoms with Crippen LogP contribution in [0, 0.1) is 23.2 Å². The Kier molecular flexibility index (Phi) is 6.85. The number of aliphatic hydroxyl groups excluding tert-OH is 1. The maximum atomic E-state index is 13.5. The van der Waals surface area contributed by atoms with Crippen LogP contribution in [0.3, 0.4) is 0 Å². The molecule has 12 heteroatoms. The van der Waals surface area contributed by atoms with Gasteiger partial charge in [-0.05, 0) is 31.1 Å². The number of aliphatic hydroxyl groups is 1. The summed E-state index contributed by atoms with van der Waals surface area (Å²) in [5.74, 6) is -1.22. The topological polar surface area (TPSA) is 128 Å². The Labute approximate surface area is 195 Å². The molecule has 1 amide bonds. The van der Waals surface area contributed by atoms with Crippen molar-refractivity contribution in [1.82, 2.24) is 24.9 Å². The second kappa shape index (κ2) is 9.38. The van der Waals surface area contributed by atoms with Gasteiger partial charge >= 0.3 is 6.18 Å². The van der Waals surface area contributed by atoms with Crippen LogP contribution in [-0.2, 0) is 16.0 Å². The lowest BCUT2D eigenvalue weighted by atomic mass is 9.71. The lowest BCUT2D eigenvalue weighted by Gasteiger charge is -2.42. The van der Waals surface area contributed by atoms with Crippen LogP contribution in [-0.4, -0.2) is 56.7 Å². The predicted octanol–water partition coefficient (Wildman–Crippen LogP) is 2.14. The Hall–Kier alpha value is -2.31. The third-order valence-corrected chi connectivity index (χ3v) is 7.39. The van der Waals surface area contributed by atoms with Gasteiger partial charge in [-0.2, -0.15) is 18.3 Å². The minimum Gasteiger partial charge on any atom is -0.367 e. The molecule has 4 N–H and O–H groups in total. The van der Waals surface area contributed by atoms with Crippen molar-refractivity contribution < 1.29 is 27.8 Å². The first-order valence-electron chi connectivity index (χ1n) is 11.6. The highest BCUT2D eigenvalue weighted by Crippen LogP contribution is 2.43. The highest BCUT2D eigenvalue weighted by molar-refractivity contribution is 5.84. The van der Waals surface area contributed by atoms with E-state index in [9.17, 15) is 23.1 Å². The lowest BCUT2D eigenvalue weighted by Crippen LogP contribution is -2.59. The van der Waals surface area contributed by atoms with Crippen molar-refractivity contribution in [1.29, 1.82) is 0 Å². The third kappa shape index (κ3) is 4.76. The smallest absolute Gasteiger partial charge is 0.367 e. The molecule has 1 aliphatic carbocycles. The van der Waals surface area contributed by atoms with Crippen LogP contribution in [0.5, 0.6) is 0 Å². The van der Waals surface area contributed by atoms with Crippen molar-refractivity contribution in [3.05, 3.63) is 23.8 Å². The molecule has 0 spiro atoms. The summed E-state index contributed by atoms with van der Waals surface area (Å²) in [5.41, 5.74) is 5.49. The van der Waals surface area contributed by atoms with E-state index in [1.165, 1.54) is 10.7 Å². The number of carbonyl (C=O) groups excluding carboxylic acids is 1. The number of ether oxygens (including phenoxy) is 1. The molecule has 9 nitrogen and oxygen atoms in total. The summed E-state index contributed by atoms with van der Waals surface area (Å²) in [6, 6.07) is -0.266. The largest absolute Gasteiger partial charge is 0.393 e. The standard InChI is InChI=1S/C22H31F3N6O3/c1-12-3-5-13(6-4-12)17(26)16-11-31-20(29-16)28-10-15(30-31)8-21(19(33)34-2)7-14(22(23,24)25)9-27-18(21)32/h10-14,17,19,33H,3-9,26H2,1-2H3,(H,27,32)/t12?,13?,14-,17+,19?,21?/m1/s1. The summed E-state index contributed by atoms with van der Waals surface area (Å²) in [6.07, 6.45) is 0.117. The summed E-state index contributed by atoms with van der Waals surface area (Å²) < 4.78 is 46.7. The van der Waals surface area contributed by atoms with E-state index >= 15 is 0 Å². The van der Waals surface area contributed by atoms with E-state index in [-0.39, 0.29) is 18.2 Å². The number of piperidine rings is 1. The number of nitrogens with two attached hydrogens (primary N) is 1. The summed E-state index contributed by atoms with van der Waals surface area (Å²) in [7, 11) is 1.14. The molecule has 4 atom stereocenters. The van der Waals surface area contributed by atoms with Gasteiger partial charge in [0.2, 0.25) is 5.91 Å². The van der Waals surface area contributed by atoms with Crippen molar-refractivity contribution in [2.24, 2.45) is 28.9 Å². The van der Waals surface area contributed by atoms with Crippen molar-refractivity contribution in [2.75, 3.05) is 13.7 Å². The van der Waals surface area contributed by atoms with Crippen molar-refractivity contribution in [3.8, 4) is 0 Å². The molecule has 2 fully saturated rings. The van der Waals surface area contributed by atoms with Gasteiger partial charge in [0.15, 0.2) is 6.29 Å². The number of carbonyl (C=O) groups is 1. The second-order valence-corrected chi connectivity index (χ2v) is 9.78. The second-order valence-electron chi connectivity index (χ2n) is 9.78. The highest BCUT2D eigenvalue weighted by Gasteiger charge is 2.56. The number of halogens is 3. The molecule has 188 valence electrons. The molecule has 1 saturated carbocycles. The minimum atomic E-state index is -4.53. The van der Waals surface area contributed by atoms with Crippen LogP contribution in [0.4, 0.5) is 13.2 Å². The van der Waals surface area contributed by atoms with Gasteiger partial charge in [-0.3, -0.25) is 4.79 Å². The van der Waals surface area contributed by atoms with Crippen LogP contribution in [0.15, 0.2) is 12.4 Å². The number of alkyl halides is 3. The van der Waals surface area contributed by atoms with Crippen LogP contribution < -0.4 is 11.1 Å². The summed E-state index contributed by atoms with van der Waals surface area (Å²) in [5, 5.41) is 17.2. The van der Waals surface area contributed by atoms with Crippen LogP contribution in [0.2, 0.25) is 0 Å². The number of hydrogen-bond donors (Lipinski definition) is 3. The Morgan fingerprint density at radius 2 is 2.06 bits per heavy atom. The fourth-order valence-corrected chi connectivity index (χ4v) is 5.19. The third-order valence-electron chi connectivity index (χ3n) is 7.39. The SMILES string of the molecule is COC(O)C1(Cc2cnc3nc([C@@H](N)C4CCC(C)CC4)cn3n2)C[C@@H](C(F)(F)F)CNC1=O. The molecule has 0 bridgehead atoms. The molecule has 2 aliphatic rings. The fourth-order valence-electron chi connectivity index (χ4n) is 5.19. The number of fused-ring (bicyclic) bond motifs is 1. The molecule has 1 aliphatic heterocycles. The number of imidazole rings is 1. The van der Waals surface area contributed by atoms with Gasteiger partial charge in [-0.1, -0.05) is 19.8 Å². The number of amides is 1. The minimum absolute atomic E-state index is 0.227. The van der Waals surface area contributed by atoms with Gasteiger partial charge in [-0.15, -0.1) is 0 Å². The zero-order valence-corrected chi connectivity index (χ0v) is 19.3. The average Bonchev–Trinajstić information content (AvgIpc) is 3.22. The predicted molar refractivity (Wildman–Crippen MR) is 115 cm³/mol. The van der Waals surface area contributed by atoms with Gasteiger partial charge in [-0.25, -0.2) is 14.5 Å². The summed E-state index contributed by atoms with van der Waals surface area (Å²) in [4.78, 5) is 21.5. The van der Waals surface area contributed by atoms with Crippen LogP contribution >= 0.6 is 0 Å².